The fraction of sp³-hybridized carbons (Fsp3) is 0.143. The molecule has 0 radical (unpaired) electrons. The zero-order chi connectivity index (χ0) is 17.8. The number of carbonyl (C=O) groups is 1. The van der Waals surface area contributed by atoms with Gasteiger partial charge in [0.15, 0.2) is 0 Å². The van der Waals surface area contributed by atoms with E-state index in [1.807, 2.05) is 12.1 Å². The maximum absolute atomic E-state index is 11.9. The molecule has 1 aromatic carbocycles. The first-order valence-electron chi connectivity index (χ1n) is 7.10. The molecule has 0 saturated heterocycles. The first-order valence-corrected chi connectivity index (χ1v) is 7.48. The van der Waals surface area contributed by atoms with Gasteiger partial charge in [-0.1, -0.05) is 23.7 Å². The minimum atomic E-state index is -0.582. The Balaban J connectivity index is 1.57. The number of anilines is 1. The summed E-state index contributed by atoms with van der Waals surface area (Å²) >= 11 is 5.83. The molecule has 0 atom stereocenters. The molecule has 0 saturated carbocycles. The predicted octanol–water partition coefficient (Wildman–Crippen LogP) is 1.72. The third kappa shape index (κ3) is 4.38. The number of carbonyl (C=O) groups excluding carboxylic acids is 1. The molecule has 0 aliphatic heterocycles. The number of halogens is 1. The second kappa shape index (κ2) is 7.09. The minimum absolute atomic E-state index is 0.139. The van der Waals surface area contributed by atoms with E-state index >= 15 is 0 Å². The lowest BCUT2D eigenvalue weighted by molar-refractivity contribution is -0.385. The number of aromatic nitrogens is 5. The lowest BCUT2D eigenvalue weighted by Gasteiger charge is -2.02. The zero-order valence-corrected chi connectivity index (χ0v) is 13.5. The van der Waals surface area contributed by atoms with Crippen LogP contribution in [0.4, 0.5) is 11.6 Å². The number of nitrogens with one attached hydrogen (secondary N) is 1. The molecule has 0 aliphatic rings. The lowest BCUT2D eigenvalue weighted by Crippen LogP contribution is -2.20. The fourth-order valence-electron chi connectivity index (χ4n) is 2.05. The summed E-state index contributed by atoms with van der Waals surface area (Å²) in [6, 6.07) is 7.29. The third-order valence-corrected chi connectivity index (χ3v) is 3.43. The van der Waals surface area contributed by atoms with E-state index in [1.165, 1.54) is 12.5 Å². The van der Waals surface area contributed by atoms with Gasteiger partial charge in [-0.25, -0.2) is 9.67 Å². The molecule has 0 spiro atoms. The van der Waals surface area contributed by atoms with E-state index in [9.17, 15) is 14.9 Å². The minimum Gasteiger partial charge on any atom is -0.292 e. The van der Waals surface area contributed by atoms with Crippen molar-refractivity contribution in [2.75, 3.05) is 5.32 Å². The van der Waals surface area contributed by atoms with E-state index in [0.29, 0.717) is 11.6 Å². The Morgan fingerprint density at radius 2 is 2.04 bits per heavy atom. The van der Waals surface area contributed by atoms with E-state index in [4.69, 9.17) is 11.6 Å². The third-order valence-electron chi connectivity index (χ3n) is 3.18. The number of benzene rings is 1. The molecule has 2 aromatic heterocycles. The summed E-state index contributed by atoms with van der Waals surface area (Å²) in [5.74, 6) is -0.303. The normalized spacial score (nSPS) is 10.6. The van der Waals surface area contributed by atoms with Crippen molar-refractivity contribution in [3.8, 4) is 0 Å². The highest BCUT2D eigenvalue weighted by Gasteiger charge is 2.12. The fourth-order valence-corrected chi connectivity index (χ4v) is 2.18. The van der Waals surface area contributed by atoms with Crippen LogP contribution >= 0.6 is 11.6 Å². The first kappa shape index (κ1) is 16.6. The highest BCUT2D eigenvalue weighted by Crippen LogP contribution is 2.11. The van der Waals surface area contributed by atoms with Crippen LogP contribution in [0, 0.1) is 10.1 Å². The summed E-state index contributed by atoms with van der Waals surface area (Å²) in [7, 11) is 0. The van der Waals surface area contributed by atoms with Gasteiger partial charge in [0.25, 0.3) is 0 Å². The van der Waals surface area contributed by atoms with Gasteiger partial charge in [0.1, 0.15) is 25.3 Å². The maximum Gasteiger partial charge on any atom is 0.307 e. The van der Waals surface area contributed by atoms with Crippen molar-refractivity contribution in [3.05, 3.63) is 63.7 Å². The van der Waals surface area contributed by atoms with Gasteiger partial charge >= 0.3 is 5.69 Å². The second-order valence-corrected chi connectivity index (χ2v) is 5.53. The Hall–Kier alpha value is -3.27. The van der Waals surface area contributed by atoms with Crippen LogP contribution < -0.4 is 5.32 Å². The summed E-state index contributed by atoms with van der Waals surface area (Å²) in [5, 5.41) is 21.6. The standard InChI is InChI=1S/C14H12ClN7O3/c15-11-3-1-10(2-4-11)6-21-9-16-14(19-21)18-13(23)8-20-7-12(5-17-20)22(24)25/h1-5,7,9H,6,8H2,(H,18,19,23). The van der Waals surface area contributed by atoms with Gasteiger partial charge < -0.3 is 0 Å². The molecular formula is C14H12ClN7O3. The van der Waals surface area contributed by atoms with Crippen molar-refractivity contribution >= 4 is 29.1 Å². The highest BCUT2D eigenvalue weighted by molar-refractivity contribution is 6.30. The molecule has 0 fully saturated rings. The van der Waals surface area contributed by atoms with E-state index < -0.39 is 10.8 Å². The maximum atomic E-state index is 11.9. The molecule has 0 aliphatic carbocycles. The largest absolute Gasteiger partial charge is 0.307 e. The molecule has 3 rings (SSSR count). The predicted molar refractivity (Wildman–Crippen MR) is 88.1 cm³/mol. The molecule has 1 amide bonds. The molecule has 0 unspecified atom stereocenters. The lowest BCUT2D eigenvalue weighted by atomic mass is 10.2. The van der Waals surface area contributed by atoms with Crippen molar-refractivity contribution in [2.24, 2.45) is 0 Å². The molecule has 2 heterocycles. The van der Waals surface area contributed by atoms with Crippen molar-refractivity contribution in [1.82, 2.24) is 24.5 Å². The Morgan fingerprint density at radius 3 is 2.72 bits per heavy atom. The van der Waals surface area contributed by atoms with Gasteiger partial charge in [-0.15, -0.1) is 5.10 Å². The molecular weight excluding hydrogens is 350 g/mol. The SMILES string of the molecule is O=C(Cn1cc([N+](=O)[O-])cn1)Nc1ncn(Cc2ccc(Cl)cc2)n1. The Bertz CT molecular complexity index is 903. The molecule has 25 heavy (non-hydrogen) atoms. The number of amides is 1. The quantitative estimate of drug-likeness (QED) is 0.527. The van der Waals surface area contributed by atoms with Crippen molar-refractivity contribution in [3.63, 3.8) is 0 Å². The van der Waals surface area contributed by atoms with Crippen LogP contribution in [0.25, 0.3) is 0 Å². The summed E-state index contributed by atoms with van der Waals surface area (Å²) < 4.78 is 2.73. The van der Waals surface area contributed by atoms with Crippen molar-refractivity contribution in [1.29, 1.82) is 0 Å². The topological polar surface area (TPSA) is 121 Å². The average molecular weight is 362 g/mol. The van der Waals surface area contributed by atoms with Gasteiger partial charge in [0.05, 0.1) is 11.5 Å². The van der Waals surface area contributed by atoms with Crippen molar-refractivity contribution < 1.29 is 9.72 Å². The van der Waals surface area contributed by atoms with Crippen LogP contribution in [0.3, 0.4) is 0 Å². The Morgan fingerprint density at radius 1 is 1.28 bits per heavy atom. The molecule has 10 nitrogen and oxygen atoms in total. The summed E-state index contributed by atoms with van der Waals surface area (Å²) in [5.41, 5.74) is 0.800. The van der Waals surface area contributed by atoms with Gasteiger partial charge in [0.2, 0.25) is 11.9 Å². The zero-order valence-electron chi connectivity index (χ0n) is 12.7. The summed E-state index contributed by atoms with van der Waals surface area (Å²) in [6.07, 6.45) is 3.74. The monoisotopic (exact) mass is 361 g/mol. The highest BCUT2D eigenvalue weighted by atomic mass is 35.5. The molecule has 3 aromatic rings. The van der Waals surface area contributed by atoms with Crippen LogP contribution in [0.5, 0.6) is 0 Å². The van der Waals surface area contributed by atoms with Crippen LogP contribution in [0.2, 0.25) is 5.02 Å². The van der Waals surface area contributed by atoms with Crippen molar-refractivity contribution in [2.45, 2.75) is 13.1 Å². The number of nitro groups is 1. The summed E-state index contributed by atoms with van der Waals surface area (Å²) in [4.78, 5) is 25.9. The molecule has 11 heteroatoms. The van der Waals surface area contributed by atoms with Crippen LogP contribution in [0.15, 0.2) is 43.0 Å². The van der Waals surface area contributed by atoms with E-state index in [-0.39, 0.29) is 18.2 Å². The Labute approximate surface area is 146 Å². The van der Waals surface area contributed by atoms with Crippen LogP contribution in [0.1, 0.15) is 5.56 Å². The molecule has 0 bridgehead atoms. The average Bonchev–Trinajstić information content (AvgIpc) is 3.19. The van der Waals surface area contributed by atoms with Crippen LogP contribution in [-0.4, -0.2) is 35.4 Å². The number of hydrogen-bond donors (Lipinski definition) is 1. The van der Waals surface area contributed by atoms with Gasteiger partial charge in [-0.05, 0) is 17.7 Å². The second-order valence-electron chi connectivity index (χ2n) is 5.09. The smallest absolute Gasteiger partial charge is 0.292 e. The van der Waals surface area contributed by atoms with Crippen LogP contribution in [-0.2, 0) is 17.9 Å². The first-order chi connectivity index (χ1) is 12.0. The number of hydrogen-bond acceptors (Lipinski definition) is 6. The number of nitrogens with zero attached hydrogens (tertiary/aromatic N) is 6. The van der Waals surface area contributed by atoms with Gasteiger partial charge in [0, 0.05) is 5.02 Å². The van der Waals surface area contributed by atoms with Gasteiger partial charge in [-0.2, -0.15) is 5.10 Å². The molecule has 1 N–H and O–H groups in total. The van der Waals surface area contributed by atoms with E-state index in [2.05, 4.69) is 20.5 Å². The van der Waals surface area contributed by atoms with E-state index in [0.717, 1.165) is 16.4 Å². The summed E-state index contributed by atoms with van der Waals surface area (Å²) in [6.45, 7) is 0.297. The van der Waals surface area contributed by atoms with Gasteiger partial charge in [-0.3, -0.25) is 24.9 Å². The van der Waals surface area contributed by atoms with E-state index in [1.54, 1.807) is 16.8 Å². The Kier molecular flexibility index (Phi) is 4.70. The molecule has 128 valence electrons. The number of rotatable bonds is 6.